The molecular formula is C10H9NOS. The largest absolute Gasteiger partial charge is 0.506 e. The molecule has 0 aliphatic rings. The molecule has 1 heterocycles. The van der Waals surface area contributed by atoms with Crippen molar-refractivity contribution in [3.63, 3.8) is 0 Å². The maximum atomic E-state index is 9.50. The fourth-order valence-electron chi connectivity index (χ4n) is 1.35. The third kappa shape index (κ3) is 1.35. The molecule has 0 spiro atoms. The van der Waals surface area contributed by atoms with Gasteiger partial charge in [0.15, 0.2) is 0 Å². The molecule has 0 bridgehead atoms. The van der Waals surface area contributed by atoms with Gasteiger partial charge in [0.2, 0.25) is 0 Å². The number of phenols is 1. The molecule has 1 aromatic heterocycles. The van der Waals surface area contributed by atoms with Crippen molar-refractivity contribution < 1.29 is 5.11 Å². The molecular weight excluding hydrogens is 182 g/mol. The van der Waals surface area contributed by atoms with E-state index < -0.39 is 0 Å². The van der Waals surface area contributed by atoms with Crippen LogP contribution in [0.3, 0.4) is 0 Å². The summed E-state index contributed by atoms with van der Waals surface area (Å²) in [7, 11) is 0. The van der Waals surface area contributed by atoms with Gasteiger partial charge in [0.05, 0.1) is 0 Å². The van der Waals surface area contributed by atoms with E-state index in [2.05, 4.69) is 17.6 Å². The molecule has 0 radical (unpaired) electrons. The first-order chi connectivity index (χ1) is 6.33. The number of rotatable bonds is 1. The lowest BCUT2D eigenvalue weighted by molar-refractivity contribution is 0.480. The zero-order valence-electron chi connectivity index (χ0n) is 6.94. The lowest BCUT2D eigenvalue weighted by atomic mass is 10.1. The van der Waals surface area contributed by atoms with E-state index in [-0.39, 0.29) is 5.75 Å². The Labute approximate surface area is 81.6 Å². The van der Waals surface area contributed by atoms with Crippen molar-refractivity contribution in [3.8, 4) is 5.75 Å². The standard InChI is InChI=1S/C10H9NOS/c12-9-4-3-7(6-13)8-2-1-5-11-10(8)9/h1-5,12-13H,6H2. The number of aromatic hydroxyl groups is 1. The quantitative estimate of drug-likeness (QED) is 0.678. The molecule has 66 valence electrons. The molecule has 2 nitrogen and oxygen atoms in total. The van der Waals surface area contributed by atoms with Crippen molar-refractivity contribution in [2.45, 2.75) is 5.75 Å². The fraction of sp³-hybridized carbons (Fsp3) is 0.100. The van der Waals surface area contributed by atoms with Gasteiger partial charge in [-0.05, 0) is 17.7 Å². The van der Waals surface area contributed by atoms with E-state index in [0.717, 1.165) is 10.9 Å². The van der Waals surface area contributed by atoms with E-state index in [1.165, 1.54) is 0 Å². The Hall–Kier alpha value is -1.22. The molecule has 2 rings (SSSR count). The summed E-state index contributed by atoms with van der Waals surface area (Å²) >= 11 is 4.21. The van der Waals surface area contributed by atoms with Gasteiger partial charge >= 0.3 is 0 Å². The predicted octanol–water partition coefficient (Wildman–Crippen LogP) is 2.37. The Morgan fingerprint density at radius 1 is 1.31 bits per heavy atom. The van der Waals surface area contributed by atoms with Crippen LogP contribution in [0.2, 0.25) is 0 Å². The Morgan fingerprint density at radius 3 is 2.92 bits per heavy atom. The number of fused-ring (bicyclic) bond motifs is 1. The van der Waals surface area contributed by atoms with Gasteiger partial charge < -0.3 is 5.11 Å². The Kier molecular flexibility index (Phi) is 2.10. The number of hydrogen-bond acceptors (Lipinski definition) is 3. The molecule has 0 fully saturated rings. The van der Waals surface area contributed by atoms with Crippen LogP contribution in [0, 0.1) is 0 Å². The van der Waals surface area contributed by atoms with E-state index in [0.29, 0.717) is 11.3 Å². The highest BCUT2D eigenvalue weighted by molar-refractivity contribution is 7.79. The minimum absolute atomic E-state index is 0.223. The normalized spacial score (nSPS) is 10.5. The fourth-order valence-corrected chi connectivity index (χ4v) is 1.63. The molecule has 0 atom stereocenters. The average molecular weight is 191 g/mol. The van der Waals surface area contributed by atoms with Crippen LogP contribution in [0.25, 0.3) is 10.9 Å². The lowest BCUT2D eigenvalue weighted by Crippen LogP contribution is -1.84. The predicted molar refractivity (Wildman–Crippen MR) is 56.1 cm³/mol. The number of pyridine rings is 1. The number of nitrogens with zero attached hydrogens (tertiary/aromatic N) is 1. The van der Waals surface area contributed by atoms with Gasteiger partial charge in [-0.3, -0.25) is 4.98 Å². The van der Waals surface area contributed by atoms with Gasteiger partial charge in [0.25, 0.3) is 0 Å². The maximum absolute atomic E-state index is 9.50. The second-order valence-electron chi connectivity index (χ2n) is 2.80. The second-order valence-corrected chi connectivity index (χ2v) is 3.12. The van der Waals surface area contributed by atoms with Crippen LogP contribution < -0.4 is 0 Å². The molecule has 13 heavy (non-hydrogen) atoms. The zero-order valence-corrected chi connectivity index (χ0v) is 7.83. The molecule has 0 aliphatic heterocycles. The van der Waals surface area contributed by atoms with E-state index in [1.807, 2.05) is 18.2 Å². The van der Waals surface area contributed by atoms with E-state index in [1.54, 1.807) is 12.3 Å². The summed E-state index contributed by atoms with van der Waals surface area (Å²) in [6.45, 7) is 0. The first-order valence-corrected chi connectivity index (χ1v) is 4.62. The maximum Gasteiger partial charge on any atom is 0.141 e. The topological polar surface area (TPSA) is 33.1 Å². The molecule has 0 aliphatic carbocycles. The summed E-state index contributed by atoms with van der Waals surface area (Å²) in [5, 5.41) is 10.5. The van der Waals surface area contributed by atoms with Crippen LogP contribution in [0.1, 0.15) is 5.56 Å². The number of thiol groups is 1. The molecule has 0 amide bonds. The minimum atomic E-state index is 0.223. The number of hydrogen-bond donors (Lipinski definition) is 2. The summed E-state index contributed by atoms with van der Waals surface area (Å²) < 4.78 is 0. The number of aromatic nitrogens is 1. The van der Waals surface area contributed by atoms with Gasteiger partial charge in [-0.15, -0.1) is 0 Å². The summed E-state index contributed by atoms with van der Waals surface area (Å²) in [5.74, 6) is 0.879. The second kappa shape index (κ2) is 3.26. The molecule has 1 aromatic carbocycles. The van der Waals surface area contributed by atoms with Gasteiger partial charge in [0, 0.05) is 17.3 Å². The van der Waals surface area contributed by atoms with E-state index in [4.69, 9.17) is 0 Å². The summed E-state index contributed by atoms with van der Waals surface area (Å²) in [6.07, 6.45) is 1.67. The van der Waals surface area contributed by atoms with Crippen molar-refractivity contribution in [1.29, 1.82) is 0 Å². The first kappa shape index (κ1) is 8.38. The van der Waals surface area contributed by atoms with E-state index >= 15 is 0 Å². The van der Waals surface area contributed by atoms with Crippen LogP contribution in [-0.2, 0) is 5.75 Å². The van der Waals surface area contributed by atoms with Gasteiger partial charge in [0.1, 0.15) is 11.3 Å². The van der Waals surface area contributed by atoms with Crippen LogP contribution in [0.5, 0.6) is 5.75 Å². The third-order valence-corrected chi connectivity index (χ3v) is 2.35. The Morgan fingerprint density at radius 2 is 2.15 bits per heavy atom. The van der Waals surface area contributed by atoms with Crippen LogP contribution >= 0.6 is 12.6 Å². The van der Waals surface area contributed by atoms with Gasteiger partial charge in [-0.1, -0.05) is 12.1 Å². The average Bonchev–Trinajstić information content (AvgIpc) is 2.19. The summed E-state index contributed by atoms with van der Waals surface area (Å²) in [6, 6.07) is 7.32. The zero-order chi connectivity index (χ0) is 9.26. The highest BCUT2D eigenvalue weighted by atomic mass is 32.1. The Bertz CT molecular complexity index is 442. The molecule has 0 saturated heterocycles. The van der Waals surface area contributed by atoms with Crippen LogP contribution in [0.4, 0.5) is 0 Å². The SMILES string of the molecule is Oc1ccc(CS)c2cccnc12. The van der Waals surface area contributed by atoms with Crippen molar-refractivity contribution >= 4 is 23.5 Å². The van der Waals surface area contributed by atoms with Crippen molar-refractivity contribution in [2.75, 3.05) is 0 Å². The summed E-state index contributed by atoms with van der Waals surface area (Å²) in [5.41, 5.74) is 1.73. The highest BCUT2D eigenvalue weighted by Crippen LogP contribution is 2.25. The van der Waals surface area contributed by atoms with Crippen LogP contribution in [0.15, 0.2) is 30.5 Å². The molecule has 2 aromatic rings. The lowest BCUT2D eigenvalue weighted by Gasteiger charge is -2.03. The number of benzene rings is 1. The summed E-state index contributed by atoms with van der Waals surface area (Å²) in [4.78, 5) is 4.11. The third-order valence-electron chi connectivity index (χ3n) is 2.01. The minimum Gasteiger partial charge on any atom is -0.506 e. The van der Waals surface area contributed by atoms with Crippen molar-refractivity contribution in [2.24, 2.45) is 0 Å². The van der Waals surface area contributed by atoms with Crippen LogP contribution in [-0.4, -0.2) is 10.1 Å². The number of phenolic OH excluding ortho intramolecular Hbond substituents is 1. The van der Waals surface area contributed by atoms with Crippen molar-refractivity contribution in [3.05, 3.63) is 36.0 Å². The smallest absolute Gasteiger partial charge is 0.141 e. The first-order valence-electron chi connectivity index (χ1n) is 3.99. The molecule has 0 unspecified atom stereocenters. The highest BCUT2D eigenvalue weighted by Gasteiger charge is 2.03. The molecule has 0 saturated carbocycles. The van der Waals surface area contributed by atoms with E-state index in [9.17, 15) is 5.11 Å². The van der Waals surface area contributed by atoms with Gasteiger partial charge in [-0.25, -0.2) is 0 Å². The Balaban J connectivity index is 2.84. The monoisotopic (exact) mass is 191 g/mol. The molecule has 1 N–H and O–H groups in total. The molecule has 3 heteroatoms. The van der Waals surface area contributed by atoms with Crippen molar-refractivity contribution in [1.82, 2.24) is 4.98 Å². The van der Waals surface area contributed by atoms with Gasteiger partial charge in [-0.2, -0.15) is 12.6 Å².